The zero-order chi connectivity index (χ0) is 12.3. The Morgan fingerprint density at radius 3 is 2.41 bits per heavy atom. The summed E-state index contributed by atoms with van der Waals surface area (Å²) in [6, 6.07) is 3.55. The van der Waals surface area contributed by atoms with Crippen LogP contribution < -0.4 is 5.73 Å². The van der Waals surface area contributed by atoms with Crippen molar-refractivity contribution in [3.63, 3.8) is 0 Å². The Morgan fingerprint density at radius 1 is 1.18 bits per heavy atom. The molecular formula is C11H11N5S. The molecule has 0 spiro atoms. The van der Waals surface area contributed by atoms with E-state index in [4.69, 9.17) is 11.1 Å². The van der Waals surface area contributed by atoms with Gasteiger partial charge < -0.3 is 5.73 Å². The van der Waals surface area contributed by atoms with Gasteiger partial charge in [0.1, 0.15) is 10.9 Å². The van der Waals surface area contributed by atoms with E-state index in [1.165, 1.54) is 11.8 Å². The second-order valence-corrected chi connectivity index (χ2v) is 4.43. The van der Waals surface area contributed by atoms with Gasteiger partial charge in [-0.05, 0) is 36.4 Å². The second-order valence-electron chi connectivity index (χ2n) is 3.44. The van der Waals surface area contributed by atoms with Crippen LogP contribution in [0.25, 0.3) is 0 Å². The minimum Gasteiger partial charge on any atom is -0.384 e. The summed E-state index contributed by atoms with van der Waals surface area (Å²) in [6.07, 6.45) is 5.09. The molecule has 0 aliphatic carbocycles. The Bertz CT molecular complexity index is 521. The topological polar surface area (TPSA) is 88.5 Å². The Labute approximate surface area is 103 Å². The van der Waals surface area contributed by atoms with Crippen LogP contribution in [-0.2, 0) is 0 Å². The molecule has 6 heteroatoms. The largest absolute Gasteiger partial charge is 0.384 e. The molecule has 0 aliphatic rings. The summed E-state index contributed by atoms with van der Waals surface area (Å²) < 4.78 is 0. The first kappa shape index (κ1) is 11.5. The van der Waals surface area contributed by atoms with Gasteiger partial charge in [-0.3, -0.25) is 5.41 Å². The van der Waals surface area contributed by atoms with Gasteiger partial charge in [-0.1, -0.05) is 0 Å². The maximum atomic E-state index is 7.26. The predicted molar refractivity (Wildman–Crippen MR) is 66.1 cm³/mol. The monoisotopic (exact) mass is 245 g/mol. The van der Waals surface area contributed by atoms with Crippen molar-refractivity contribution in [1.82, 2.24) is 15.0 Å². The first-order valence-corrected chi connectivity index (χ1v) is 5.74. The minimum absolute atomic E-state index is 0.0145. The van der Waals surface area contributed by atoms with Crippen LogP contribution in [0.2, 0.25) is 0 Å². The third-order valence-corrected chi connectivity index (χ3v) is 2.84. The van der Waals surface area contributed by atoms with E-state index < -0.39 is 0 Å². The van der Waals surface area contributed by atoms with Crippen molar-refractivity contribution in [2.24, 2.45) is 5.73 Å². The molecule has 0 saturated carbocycles. The van der Waals surface area contributed by atoms with Crippen LogP contribution >= 0.6 is 11.8 Å². The molecule has 0 amide bonds. The Kier molecular flexibility index (Phi) is 3.34. The number of amidine groups is 1. The average Bonchev–Trinajstić information content (AvgIpc) is 2.33. The number of nitrogens with two attached hydrogens (primary N) is 1. The van der Waals surface area contributed by atoms with E-state index in [9.17, 15) is 0 Å². The summed E-state index contributed by atoms with van der Waals surface area (Å²) in [5, 5.41) is 8.69. The highest BCUT2D eigenvalue weighted by Gasteiger charge is 2.02. The zero-order valence-corrected chi connectivity index (χ0v) is 10.0. The third kappa shape index (κ3) is 3.01. The van der Waals surface area contributed by atoms with Crippen molar-refractivity contribution in [2.75, 3.05) is 0 Å². The van der Waals surface area contributed by atoms with E-state index in [0.717, 1.165) is 10.6 Å². The summed E-state index contributed by atoms with van der Waals surface area (Å²) in [5.74, 6) is 0.0145. The van der Waals surface area contributed by atoms with E-state index in [1.807, 2.05) is 6.92 Å². The lowest BCUT2D eigenvalue weighted by atomic mass is 10.3. The lowest BCUT2D eigenvalue weighted by molar-refractivity contribution is 0.944. The molecule has 0 aliphatic heterocycles. The van der Waals surface area contributed by atoms with Crippen molar-refractivity contribution in [3.05, 3.63) is 41.9 Å². The lowest BCUT2D eigenvalue weighted by Crippen LogP contribution is -2.11. The zero-order valence-electron chi connectivity index (χ0n) is 9.21. The normalized spacial score (nSPS) is 10.2. The number of pyridine rings is 1. The standard InChI is InChI=1S/C11H11N5S/c1-7-4-15-11(16-5-7)17-9-3-2-8(6-14-9)10(12)13/h2-6H,1H3,(H3,12,13). The summed E-state index contributed by atoms with van der Waals surface area (Å²) in [7, 11) is 0. The number of nitrogens with one attached hydrogen (secondary N) is 1. The molecule has 0 atom stereocenters. The first-order chi connectivity index (χ1) is 8.15. The van der Waals surface area contributed by atoms with Gasteiger partial charge in [0.15, 0.2) is 5.16 Å². The molecule has 2 rings (SSSR count). The number of hydrogen-bond donors (Lipinski definition) is 2. The number of aryl methyl sites for hydroxylation is 1. The highest BCUT2D eigenvalue weighted by Crippen LogP contribution is 2.21. The number of hydrogen-bond acceptors (Lipinski definition) is 5. The van der Waals surface area contributed by atoms with Gasteiger partial charge in [-0.25, -0.2) is 15.0 Å². The summed E-state index contributed by atoms with van der Waals surface area (Å²) in [6.45, 7) is 1.94. The number of nitrogen functional groups attached to an aromatic ring is 1. The Hall–Kier alpha value is -1.95. The van der Waals surface area contributed by atoms with Gasteiger partial charge in [-0.2, -0.15) is 0 Å². The molecule has 0 unspecified atom stereocenters. The van der Waals surface area contributed by atoms with Crippen LogP contribution in [0, 0.1) is 12.3 Å². The Morgan fingerprint density at radius 2 is 1.88 bits per heavy atom. The fraction of sp³-hybridized carbons (Fsp3) is 0.0909. The van der Waals surface area contributed by atoms with Crippen molar-refractivity contribution >= 4 is 17.6 Å². The molecule has 2 aromatic heterocycles. The molecule has 0 bridgehead atoms. The molecule has 2 heterocycles. The molecule has 0 radical (unpaired) electrons. The maximum absolute atomic E-state index is 7.26. The third-order valence-electron chi connectivity index (χ3n) is 2.00. The predicted octanol–water partition coefficient (Wildman–Crippen LogP) is 1.62. The maximum Gasteiger partial charge on any atom is 0.193 e. The quantitative estimate of drug-likeness (QED) is 0.487. The van der Waals surface area contributed by atoms with Gasteiger partial charge in [-0.15, -0.1) is 0 Å². The first-order valence-electron chi connectivity index (χ1n) is 4.92. The van der Waals surface area contributed by atoms with Gasteiger partial charge in [0.2, 0.25) is 0 Å². The van der Waals surface area contributed by atoms with Crippen LogP contribution in [0.1, 0.15) is 11.1 Å². The Balaban J connectivity index is 2.13. The lowest BCUT2D eigenvalue weighted by Gasteiger charge is -2.01. The molecule has 0 saturated heterocycles. The summed E-state index contributed by atoms with van der Waals surface area (Å²) in [4.78, 5) is 12.5. The van der Waals surface area contributed by atoms with Crippen LogP contribution in [0.5, 0.6) is 0 Å². The number of aromatic nitrogens is 3. The average molecular weight is 245 g/mol. The van der Waals surface area contributed by atoms with Crippen molar-refractivity contribution in [1.29, 1.82) is 5.41 Å². The van der Waals surface area contributed by atoms with E-state index in [1.54, 1.807) is 30.7 Å². The fourth-order valence-corrected chi connectivity index (χ4v) is 1.77. The van der Waals surface area contributed by atoms with Crippen LogP contribution in [0.15, 0.2) is 40.9 Å². The summed E-state index contributed by atoms with van der Waals surface area (Å²) in [5.41, 5.74) is 6.98. The van der Waals surface area contributed by atoms with Gasteiger partial charge in [0.25, 0.3) is 0 Å². The fourth-order valence-electron chi connectivity index (χ4n) is 1.13. The molecule has 0 fully saturated rings. The van der Waals surface area contributed by atoms with E-state index in [-0.39, 0.29) is 5.84 Å². The highest BCUT2D eigenvalue weighted by atomic mass is 32.2. The molecule has 86 valence electrons. The van der Waals surface area contributed by atoms with Crippen molar-refractivity contribution in [3.8, 4) is 0 Å². The number of rotatable bonds is 3. The van der Waals surface area contributed by atoms with Gasteiger partial charge in [0.05, 0.1) is 0 Å². The van der Waals surface area contributed by atoms with Crippen molar-refractivity contribution in [2.45, 2.75) is 17.1 Å². The second kappa shape index (κ2) is 4.92. The van der Waals surface area contributed by atoms with Gasteiger partial charge in [0, 0.05) is 24.2 Å². The smallest absolute Gasteiger partial charge is 0.193 e. The molecule has 17 heavy (non-hydrogen) atoms. The molecule has 0 aromatic carbocycles. The van der Waals surface area contributed by atoms with Gasteiger partial charge >= 0.3 is 0 Å². The minimum atomic E-state index is 0.0145. The highest BCUT2D eigenvalue weighted by molar-refractivity contribution is 7.99. The molecule has 2 aromatic rings. The van der Waals surface area contributed by atoms with Crippen molar-refractivity contribution < 1.29 is 0 Å². The molecule has 5 nitrogen and oxygen atoms in total. The van der Waals surface area contributed by atoms with Crippen LogP contribution in [-0.4, -0.2) is 20.8 Å². The van der Waals surface area contributed by atoms with E-state index >= 15 is 0 Å². The van der Waals surface area contributed by atoms with E-state index in [2.05, 4.69) is 15.0 Å². The molecular weight excluding hydrogens is 234 g/mol. The number of nitrogens with zero attached hydrogens (tertiary/aromatic N) is 3. The van der Waals surface area contributed by atoms with Crippen LogP contribution in [0.4, 0.5) is 0 Å². The molecule has 3 N–H and O–H groups in total. The van der Waals surface area contributed by atoms with E-state index in [0.29, 0.717) is 10.7 Å². The van der Waals surface area contributed by atoms with Crippen LogP contribution in [0.3, 0.4) is 0 Å². The SMILES string of the molecule is Cc1cnc(Sc2ccc(C(=N)N)cn2)nc1. The summed E-state index contributed by atoms with van der Waals surface area (Å²) >= 11 is 1.37.